The van der Waals surface area contributed by atoms with Crippen molar-refractivity contribution in [1.29, 1.82) is 0 Å². The van der Waals surface area contributed by atoms with Gasteiger partial charge in [0, 0.05) is 55.3 Å². The van der Waals surface area contributed by atoms with Crippen LogP contribution in [0.15, 0.2) is 54.9 Å². The quantitative estimate of drug-likeness (QED) is 0.113. The van der Waals surface area contributed by atoms with E-state index in [9.17, 15) is 18.7 Å². The van der Waals surface area contributed by atoms with Crippen molar-refractivity contribution < 1.29 is 28.2 Å². The number of methoxy groups -OCH3 is 2. The minimum absolute atomic E-state index is 0.0462. The van der Waals surface area contributed by atoms with Crippen molar-refractivity contribution in [2.45, 2.75) is 64.6 Å². The Balaban J connectivity index is 1.12. The average molecular weight is 801 g/mol. The molecule has 0 amide bonds. The molecule has 0 spiro atoms. The van der Waals surface area contributed by atoms with Gasteiger partial charge in [-0.15, -0.1) is 0 Å². The Morgan fingerprint density at radius 2 is 1.77 bits per heavy atom. The van der Waals surface area contributed by atoms with Crippen LogP contribution in [-0.4, -0.2) is 92.8 Å². The summed E-state index contributed by atoms with van der Waals surface area (Å²) in [5, 5.41) is 13.3. The molecule has 2 fully saturated rings. The summed E-state index contributed by atoms with van der Waals surface area (Å²) in [5.41, 5.74) is 6.47. The zero-order valence-electron chi connectivity index (χ0n) is 32.5. The molecule has 15 heteroatoms. The number of nitrogens with zero attached hydrogens (tertiary/aromatic N) is 7. The van der Waals surface area contributed by atoms with E-state index in [-0.39, 0.29) is 30.2 Å². The van der Waals surface area contributed by atoms with Crippen LogP contribution in [0, 0.1) is 18.8 Å². The lowest BCUT2D eigenvalue weighted by molar-refractivity contribution is -0.146. The van der Waals surface area contributed by atoms with Crippen molar-refractivity contribution in [2.24, 2.45) is 11.8 Å². The van der Waals surface area contributed by atoms with Gasteiger partial charge in [0.25, 0.3) is 6.43 Å². The maximum atomic E-state index is 14.1. The van der Waals surface area contributed by atoms with E-state index in [1.165, 1.54) is 7.11 Å². The number of aliphatic hydroxyl groups excluding tert-OH is 1. The van der Waals surface area contributed by atoms with Gasteiger partial charge in [-0.1, -0.05) is 41.9 Å². The molecule has 2 aromatic carbocycles. The van der Waals surface area contributed by atoms with Crippen molar-refractivity contribution >= 4 is 40.1 Å². The molecule has 0 radical (unpaired) electrons. The number of alkyl halides is 2. The fourth-order valence-electron chi connectivity index (χ4n) is 8.02. The zero-order valence-corrected chi connectivity index (χ0v) is 33.3. The molecule has 2 aliphatic rings. The lowest BCUT2D eigenvalue weighted by Gasteiger charge is -2.33. The summed E-state index contributed by atoms with van der Waals surface area (Å²) >= 11 is 7.15. The number of esters is 1. The number of carbonyl (C=O) groups is 1. The highest BCUT2D eigenvalue weighted by Gasteiger charge is 2.30. The van der Waals surface area contributed by atoms with Gasteiger partial charge < -0.3 is 19.9 Å². The molecule has 1 aliphatic carbocycles. The molecule has 0 bridgehead atoms. The molecule has 4 heterocycles. The maximum absolute atomic E-state index is 14.1. The van der Waals surface area contributed by atoms with Crippen LogP contribution < -0.4 is 10.1 Å². The monoisotopic (exact) mass is 800 g/mol. The number of halogens is 3. The molecular formula is C42H47ClF2N8O4. The van der Waals surface area contributed by atoms with Crippen LogP contribution in [0.4, 0.5) is 20.3 Å². The molecule has 12 nitrogen and oxygen atoms in total. The summed E-state index contributed by atoms with van der Waals surface area (Å²) in [5.74, 6) is 0.0339. The molecule has 1 saturated carbocycles. The molecule has 3 aromatic heterocycles. The molecule has 2 N–H and O–H groups in total. The van der Waals surface area contributed by atoms with E-state index in [4.69, 9.17) is 31.0 Å². The predicted molar refractivity (Wildman–Crippen MR) is 214 cm³/mol. The third kappa shape index (κ3) is 8.84. The van der Waals surface area contributed by atoms with Gasteiger partial charge in [0.05, 0.1) is 42.6 Å². The molecule has 300 valence electrons. The van der Waals surface area contributed by atoms with Crippen LogP contribution in [0.5, 0.6) is 5.88 Å². The Labute approximate surface area is 335 Å². The largest absolute Gasteiger partial charge is 0.480 e. The number of carbonyl (C=O) groups excluding carboxylic acids is 1. The van der Waals surface area contributed by atoms with E-state index in [0.29, 0.717) is 63.7 Å². The summed E-state index contributed by atoms with van der Waals surface area (Å²) in [7, 11) is 5.06. The first-order valence-corrected chi connectivity index (χ1v) is 19.6. The van der Waals surface area contributed by atoms with Crippen LogP contribution in [0.3, 0.4) is 0 Å². The maximum Gasteiger partial charge on any atom is 0.308 e. The first-order chi connectivity index (χ1) is 27.6. The Hall–Kier alpha value is -4.89. The molecule has 5 aromatic rings. The van der Waals surface area contributed by atoms with Gasteiger partial charge in [-0.2, -0.15) is 0 Å². The summed E-state index contributed by atoms with van der Waals surface area (Å²) < 4.78 is 38.9. The number of hydrogen-bond donors (Lipinski definition) is 2. The van der Waals surface area contributed by atoms with Crippen molar-refractivity contribution in [2.75, 3.05) is 46.3 Å². The fraction of sp³-hybridized carbons (Fsp3) is 0.429. The lowest BCUT2D eigenvalue weighted by atomic mass is 9.85. The molecule has 0 unspecified atom stereocenters. The molecule has 57 heavy (non-hydrogen) atoms. The van der Waals surface area contributed by atoms with Gasteiger partial charge in [0.1, 0.15) is 11.2 Å². The fourth-order valence-corrected chi connectivity index (χ4v) is 8.35. The molecule has 1 aliphatic heterocycles. The molecule has 1 atom stereocenters. The Morgan fingerprint density at radius 3 is 2.49 bits per heavy atom. The second-order valence-electron chi connectivity index (χ2n) is 14.9. The number of benzene rings is 2. The standard InChI is InChI=1S/C42H47ClF2N8O4/c1-24-29(7-6-10-32(24)48-39-37-33(49-40(51-39)38(44)45)17-26(18-47-37)21-53-16-15-25(20-53)23-54)30-8-5-9-31(36(30)43)34-19-46-35(41(50-34)56-3)22-52(2)28-13-11-27(12-14-28)42(55)57-4/h5-10,17-19,25,27-28,38,54H,11-16,20-23H2,1-4H3,(H,48,49,51)/t25-,27?,28?/m0/s1. The molecule has 7 rings (SSSR count). The van der Waals surface area contributed by atoms with Crippen LogP contribution >= 0.6 is 11.6 Å². The van der Waals surface area contributed by atoms with Gasteiger partial charge in [-0.05, 0) is 87.4 Å². The summed E-state index contributed by atoms with van der Waals surface area (Å²) in [6.07, 6.45) is 4.81. The van der Waals surface area contributed by atoms with Gasteiger partial charge in [-0.25, -0.2) is 23.7 Å². The van der Waals surface area contributed by atoms with Gasteiger partial charge in [0.2, 0.25) is 5.88 Å². The van der Waals surface area contributed by atoms with E-state index in [2.05, 4.69) is 30.1 Å². The second-order valence-corrected chi connectivity index (χ2v) is 15.3. The Morgan fingerprint density at radius 1 is 1.02 bits per heavy atom. The van der Waals surface area contributed by atoms with Crippen LogP contribution in [-0.2, 0) is 22.6 Å². The third-order valence-electron chi connectivity index (χ3n) is 11.2. The average Bonchev–Trinajstić information content (AvgIpc) is 3.69. The Kier molecular flexibility index (Phi) is 12.5. The van der Waals surface area contributed by atoms with Crippen LogP contribution in [0.1, 0.15) is 61.2 Å². The van der Waals surface area contributed by atoms with Crippen molar-refractivity contribution in [1.82, 2.24) is 34.7 Å². The highest BCUT2D eigenvalue weighted by Crippen LogP contribution is 2.40. The SMILES string of the molecule is COC(=O)C1CCC(N(C)Cc2ncc(-c3cccc(-c4cccc(Nc5nc(C(F)F)nc6cc(CN7CC[C@H](CO)C7)cnc56)c4C)c3Cl)nc2OC)CC1. The van der Waals surface area contributed by atoms with Gasteiger partial charge in [-0.3, -0.25) is 24.6 Å². The highest BCUT2D eigenvalue weighted by atomic mass is 35.5. The zero-order chi connectivity index (χ0) is 40.2. The van der Waals surface area contributed by atoms with Crippen molar-refractivity contribution in [3.63, 3.8) is 0 Å². The normalized spacial score (nSPS) is 18.7. The Bertz CT molecular complexity index is 2240. The first kappa shape index (κ1) is 40.3. The predicted octanol–water partition coefficient (Wildman–Crippen LogP) is 7.78. The van der Waals surface area contributed by atoms with Gasteiger partial charge in [0.15, 0.2) is 11.6 Å². The molecule has 1 saturated heterocycles. The van der Waals surface area contributed by atoms with Crippen molar-refractivity contribution in [3.05, 3.63) is 82.5 Å². The summed E-state index contributed by atoms with van der Waals surface area (Å²) in [6, 6.07) is 13.4. The van der Waals surface area contributed by atoms with Crippen LogP contribution in [0.2, 0.25) is 5.02 Å². The van der Waals surface area contributed by atoms with E-state index >= 15 is 0 Å². The second kappa shape index (κ2) is 17.7. The third-order valence-corrected chi connectivity index (χ3v) is 11.7. The number of nitrogens with one attached hydrogen (secondary N) is 1. The van der Waals surface area contributed by atoms with E-state index in [1.807, 2.05) is 50.4 Å². The number of aromatic nitrogens is 5. The topological polar surface area (TPSA) is 139 Å². The van der Waals surface area contributed by atoms with Crippen molar-refractivity contribution in [3.8, 4) is 28.3 Å². The van der Waals surface area contributed by atoms with Crippen LogP contribution in [0.25, 0.3) is 33.4 Å². The molecular weight excluding hydrogens is 754 g/mol. The number of likely N-dealkylation sites (tertiary alicyclic amines) is 1. The van der Waals surface area contributed by atoms with E-state index < -0.39 is 12.2 Å². The summed E-state index contributed by atoms with van der Waals surface area (Å²) in [4.78, 5) is 39.0. The van der Waals surface area contributed by atoms with E-state index in [0.717, 1.165) is 67.4 Å². The number of fused-ring (bicyclic) bond motifs is 1. The number of ether oxygens (including phenoxy) is 2. The lowest BCUT2D eigenvalue weighted by Crippen LogP contribution is -2.36. The van der Waals surface area contributed by atoms with Gasteiger partial charge >= 0.3 is 5.97 Å². The first-order valence-electron chi connectivity index (χ1n) is 19.2. The number of pyridine rings is 1. The number of rotatable bonds is 13. The minimum atomic E-state index is -2.88. The number of anilines is 2. The van der Waals surface area contributed by atoms with E-state index in [1.54, 1.807) is 25.6 Å². The smallest absolute Gasteiger partial charge is 0.308 e. The minimum Gasteiger partial charge on any atom is -0.480 e. The number of aliphatic hydroxyl groups is 1. The number of hydrogen-bond acceptors (Lipinski definition) is 12. The highest BCUT2D eigenvalue weighted by molar-refractivity contribution is 6.36. The summed E-state index contributed by atoms with van der Waals surface area (Å²) in [6.45, 7) is 4.79.